The number of esters is 2. The first-order valence-electron chi connectivity index (χ1n) is 8.50. The van der Waals surface area contributed by atoms with Crippen molar-refractivity contribution in [3.63, 3.8) is 0 Å². The van der Waals surface area contributed by atoms with E-state index >= 15 is 0 Å². The van der Waals surface area contributed by atoms with Crippen molar-refractivity contribution >= 4 is 40.8 Å². The number of non-ortho nitro benzene ring substituents is 1. The molecule has 1 heterocycles. The number of nitrogens with zero attached hydrogens (tertiary/aromatic N) is 1. The van der Waals surface area contributed by atoms with Gasteiger partial charge in [0.15, 0.2) is 6.10 Å². The van der Waals surface area contributed by atoms with Gasteiger partial charge in [0.05, 0.1) is 21.2 Å². The maximum absolute atomic E-state index is 12.3. The second-order valence-corrected chi connectivity index (χ2v) is 6.65. The van der Waals surface area contributed by atoms with Gasteiger partial charge in [-0.15, -0.1) is 0 Å². The highest BCUT2D eigenvalue weighted by Crippen LogP contribution is 2.27. The molecule has 0 saturated carbocycles. The zero-order valence-corrected chi connectivity index (χ0v) is 15.8. The molecule has 1 amide bonds. The molecule has 0 saturated heterocycles. The maximum Gasteiger partial charge on any atom is 0.348 e. The number of rotatable bonds is 5. The summed E-state index contributed by atoms with van der Waals surface area (Å²) in [6.07, 6.45) is -2.30. The molecule has 150 valence electrons. The fourth-order valence-corrected chi connectivity index (χ4v) is 2.89. The number of amides is 1. The number of cyclic esters (lactones) is 1. The molecule has 0 fully saturated rings. The second kappa shape index (κ2) is 8.27. The molecule has 29 heavy (non-hydrogen) atoms. The van der Waals surface area contributed by atoms with Crippen LogP contribution in [0, 0.1) is 10.1 Å². The third kappa shape index (κ3) is 4.52. The Morgan fingerprint density at radius 2 is 2.03 bits per heavy atom. The number of benzene rings is 2. The number of hydrogen-bond acceptors (Lipinski definition) is 7. The van der Waals surface area contributed by atoms with Crippen molar-refractivity contribution in [2.24, 2.45) is 0 Å². The highest BCUT2D eigenvalue weighted by molar-refractivity contribution is 6.33. The van der Waals surface area contributed by atoms with Crippen LogP contribution < -0.4 is 5.32 Å². The van der Waals surface area contributed by atoms with E-state index < -0.39 is 35.0 Å². The molecule has 9 nitrogen and oxygen atoms in total. The van der Waals surface area contributed by atoms with Gasteiger partial charge in [0.1, 0.15) is 0 Å². The Bertz CT molecular complexity index is 1010. The lowest BCUT2D eigenvalue weighted by atomic mass is 9.99. The number of nitro benzene ring substituents is 1. The Labute approximate surface area is 169 Å². The molecule has 0 bridgehead atoms. The van der Waals surface area contributed by atoms with Crippen LogP contribution in [0.15, 0.2) is 42.5 Å². The Morgan fingerprint density at radius 1 is 1.31 bits per heavy atom. The van der Waals surface area contributed by atoms with Gasteiger partial charge in [0.2, 0.25) is 6.10 Å². The Hall–Kier alpha value is -3.46. The van der Waals surface area contributed by atoms with Crippen LogP contribution in [0.25, 0.3) is 0 Å². The minimum Gasteiger partial charge on any atom is -0.450 e. The van der Waals surface area contributed by atoms with Gasteiger partial charge < -0.3 is 14.8 Å². The second-order valence-electron chi connectivity index (χ2n) is 6.24. The number of halogens is 1. The van der Waals surface area contributed by atoms with E-state index in [4.69, 9.17) is 21.1 Å². The van der Waals surface area contributed by atoms with Crippen molar-refractivity contribution in [3.05, 3.63) is 68.7 Å². The summed E-state index contributed by atoms with van der Waals surface area (Å²) < 4.78 is 10.2. The van der Waals surface area contributed by atoms with Crippen LogP contribution >= 0.6 is 11.6 Å². The Kier molecular flexibility index (Phi) is 5.79. The fourth-order valence-electron chi connectivity index (χ4n) is 2.72. The first-order valence-corrected chi connectivity index (χ1v) is 8.88. The van der Waals surface area contributed by atoms with E-state index in [2.05, 4.69) is 5.32 Å². The summed E-state index contributed by atoms with van der Waals surface area (Å²) in [5.41, 5.74) is 0.766. The average Bonchev–Trinajstić information content (AvgIpc) is 2.69. The predicted molar refractivity (Wildman–Crippen MR) is 102 cm³/mol. The summed E-state index contributed by atoms with van der Waals surface area (Å²) >= 11 is 5.94. The van der Waals surface area contributed by atoms with E-state index in [9.17, 15) is 24.5 Å². The fraction of sp³-hybridized carbons (Fsp3) is 0.211. The van der Waals surface area contributed by atoms with Crippen LogP contribution in [0.3, 0.4) is 0 Å². The van der Waals surface area contributed by atoms with Crippen LogP contribution in [0.5, 0.6) is 0 Å². The van der Waals surface area contributed by atoms with Crippen LogP contribution in [-0.4, -0.2) is 35.0 Å². The first-order chi connectivity index (χ1) is 13.8. The van der Waals surface area contributed by atoms with Crippen LogP contribution in [-0.2, 0) is 25.5 Å². The number of hydrogen-bond donors (Lipinski definition) is 1. The minimum absolute atomic E-state index is 0.00628. The van der Waals surface area contributed by atoms with Gasteiger partial charge in [-0.05, 0) is 24.6 Å². The molecule has 2 atom stereocenters. The molecule has 2 aromatic rings. The molecule has 10 heteroatoms. The molecule has 2 aromatic carbocycles. The lowest BCUT2D eigenvalue weighted by Crippen LogP contribution is -2.39. The summed E-state index contributed by atoms with van der Waals surface area (Å²) in [6.45, 7) is 1.32. The summed E-state index contributed by atoms with van der Waals surface area (Å²) in [4.78, 5) is 46.9. The minimum atomic E-state index is -1.26. The molecule has 3 rings (SSSR count). The average molecular weight is 419 g/mol. The molecule has 0 unspecified atom stereocenters. The zero-order valence-electron chi connectivity index (χ0n) is 15.1. The van der Waals surface area contributed by atoms with Gasteiger partial charge in [0.25, 0.3) is 11.6 Å². The lowest BCUT2D eigenvalue weighted by molar-refractivity contribution is -0.384. The van der Waals surface area contributed by atoms with Crippen LogP contribution in [0.4, 0.5) is 11.4 Å². The number of carbonyl (C=O) groups is 3. The molecule has 0 radical (unpaired) electrons. The van der Waals surface area contributed by atoms with Gasteiger partial charge in [-0.2, -0.15) is 0 Å². The first kappa shape index (κ1) is 20.3. The van der Waals surface area contributed by atoms with Crippen molar-refractivity contribution < 1.29 is 28.8 Å². The summed E-state index contributed by atoms with van der Waals surface area (Å²) in [5.74, 6) is -2.27. The lowest BCUT2D eigenvalue weighted by Gasteiger charge is -2.24. The number of carbonyl (C=O) groups excluding carboxylic acids is 3. The SMILES string of the molecule is C[C@H](OC(=O)[C@H]1Cc2ccccc2C(=O)O1)C(=O)Nc1cc([N+](=O)[O-])ccc1Cl. The van der Waals surface area contributed by atoms with Gasteiger partial charge in [-0.1, -0.05) is 29.8 Å². The molecule has 0 aliphatic carbocycles. The van der Waals surface area contributed by atoms with Gasteiger partial charge in [0, 0.05) is 18.6 Å². The summed E-state index contributed by atoms with van der Waals surface area (Å²) in [5, 5.41) is 13.3. The number of nitrogens with one attached hydrogen (secondary N) is 1. The van der Waals surface area contributed by atoms with Crippen molar-refractivity contribution in [2.45, 2.75) is 25.6 Å². The predicted octanol–water partition coefficient (Wildman–Crippen LogP) is 2.90. The van der Waals surface area contributed by atoms with Crippen LogP contribution in [0.1, 0.15) is 22.8 Å². The summed E-state index contributed by atoms with van der Waals surface area (Å²) in [6, 6.07) is 10.3. The standard InChI is InChI=1S/C19H15ClN2O7/c1-10(17(23)21-15-9-12(22(26)27)6-7-14(15)20)28-19(25)16-8-11-4-2-3-5-13(11)18(24)29-16/h2-7,9-10,16H,8H2,1H3,(H,21,23)/t10-,16+/m0/s1. The van der Waals surface area contributed by atoms with Crippen molar-refractivity contribution in [1.29, 1.82) is 0 Å². The van der Waals surface area contributed by atoms with Crippen molar-refractivity contribution in [3.8, 4) is 0 Å². The number of nitro groups is 1. The molecule has 0 aromatic heterocycles. The maximum atomic E-state index is 12.3. The van der Waals surface area contributed by atoms with Crippen LogP contribution in [0.2, 0.25) is 5.02 Å². The van der Waals surface area contributed by atoms with Gasteiger partial charge in [-0.25, -0.2) is 9.59 Å². The van der Waals surface area contributed by atoms with E-state index in [0.29, 0.717) is 11.1 Å². The van der Waals surface area contributed by atoms with E-state index in [-0.39, 0.29) is 22.8 Å². The topological polar surface area (TPSA) is 125 Å². The normalized spacial score (nSPS) is 16.2. The van der Waals surface area contributed by atoms with E-state index in [1.807, 2.05) is 0 Å². The van der Waals surface area contributed by atoms with Gasteiger partial charge in [-0.3, -0.25) is 14.9 Å². The number of fused-ring (bicyclic) bond motifs is 1. The molecule has 0 spiro atoms. The monoisotopic (exact) mass is 418 g/mol. The third-order valence-electron chi connectivity index (χ3n) is 4.24. The molecule has 1 aliphatic heterocycles. The van der Waals surface area contributed by atoms with E-state index in [1.165, 1.54) is 19.1 Å². The van der Waals surface area contributed by atoms with E-state index in [0.717, 1.165) is 6.07 Å². The van der Waals surface area contributed by atoms with Crippen molar-refractivity contribution in [2.75, 3.05) is 5.32 Å². The Balaban J connectivity index is 1.64. The largest absolute Gasteiger partial charge is 0.450 e. The van der Waals surface area contributed by atoms with Crippen molar-refractivity contribution in [1.82, 2.24) is 0 Å². The zero-order chi connectivity index (χ0) is 21.1. The smallest absolute Gasteiger partial charge is 0.348 e. The molecule has 1 aliphatic rings. The van der Waals surface area contributed by atoms with Gasteiger partial charge >= 0.3 is 11.9 Å². The summed E-state index contributed by atoms with van der Waals surface area (Å²) in [7, 11) is 0. The number of anilines is 1. The number of ether oxygens (including phenoxy) is 2. The molecule has 1 N–H and O–H groups in total. The van der Waals surface area contributed by atoms with E-state index in [1.54, 1.807) is 24.3 Å². The highest BCUT2D eigenvalue weighted by atomic mass is 35.5. The third-order valence-corrected chi connectivity index (χ3v) is 4.57. The highest BCUT2D eigenvalue weighted by Gasteiger charge is 2.34. The Morgan fingerprint density at radius 3 is 2.76 bits per heavy atom. The molecular weight excluding hydrogens is 404 g/mol. The molecular formula is C19H15ClN2O7. The quantitative estimate of drug-likeness (QED) is 0.449.